The lowest BCUT2D eigenvalue weighted by Crippen LogP contribution is -2.37. The van der Waals surface area contributed by atoms with Crippen LogP contribution >= 0.6 is 39.1 Å². The molecule has 0 saturated heterocycles. The Morgan fingerprint density at radius 1 is 1.23 bits per heavy atom. The molecule has 3 rings (SSSR count). The fourth-order valence-electron chi connectivity index (χ4n) is 2.49. The summed E-state index contributed by atoms with van der Waals surface area (Å²) < 4.78 is 4.15. The zero-order chi connectivity index (χ0) is 19.2. The lowest BCUT2D eigenvalue weighted by atomic mass is 10.3. The molecule has 0 aliphatic rings. The van der Waals surface area contributed by atoms with Crippen molar-refractivity contribution in [3.05, 3.63) is 53.8 Å². The van der Waals surface area contributed by atoms with Crippen LogP contribution in [0.25, 0.3) is 11.2 Å². The van der Waals surface area contributed by atoms with E-state index in [9.17, 15) is 14.4 Å². The Kier molecular flexibility index (Phi) is 4.96. The van der Waals surface area contributed by atoms with Gasteiger partial charge in [-0.1, -0.05) is 27.5 Å². The molecule has 1 amide bonds. The van der Waals surface area contributed by atoms with Crippen molar-refractivity contribution in [3.8, 4) is 0 Å². The molecule has 1 N–H and O–H groups in total. The van der Waals surface area contributed by atoms with E-state index in [1.807, 2.05) is 0 Å². The molecular formula is C15H12BrCl2N5O3. The summed E-state index contributed by atoms with van der Waals surface area (Å²) in [5.74, 6) is -0.452. The van der Waals surface area contributed by atoms with E-state index in [-0.39, 0.29) is 23.0 Å². The van der Waals surface area contributed by atoms with Gasteiger partial charge in [-0.15, -0.1) is 0 Å². The van der Waals surface area contributed by atoms with Gasteiger partial charge in [0.1, 0.15) is 6.54 Å². The second-order valence-corrected chi connectivity index (χ2v) is 7.18. The number of nitrogens with zero attached hydrogens (tertiary/aromatic N) is 4. The molecule has 11 heteroatoms. The van der Waals surface area contributed by atoms with Crippen LogP contribution in [-0.2, 0) is 25.4 Å². The maximum Gasteiger partial charge on any atom is 0.332 e. The maximum atomic E-state index is 12.4. The van der Waals surface area contributed by atoms with Crippen LogP contribution in [0.15, 0.2) is 32.3 Å². The minimum Gasteiger partial charge on any atom is -0.323 e. The Hall–Kier alpha value is -2.10. The fraction of sp³-hybridized carbons (Fsp3) is 0.200. The number of fused-ring (bicyclic) bond motifs is 1. The van der Waals surface area contributed by atoms with Crippen LogP contribution in [0.3, 0.4) is 0 Å². The predicted octanol–water partition coefficient (Wildman–Crippen LogP) is 2.14. The normalized spacial score (nSPS) is 11.1. The highest BCUT2D eigenvalue weighted by Gasteiger charge is 2.20. The average Bonchev–Trinajstić information content (AvgIpc) is 2.90. The minimum absolute atomic E-state index is 0.0663. The second-order valence-electron chi connectivity index (χ2n) is 5.52. The summed E-state index contributed by atoms with van der Waals surface area (Å²) in [7, 11) is 2.82. The molecule has 1 aromatic carbocycles. The third-order valence-corrected chi connectivity index (χ3v) is 4.90. The Bertz CT molecular complexity index is 1160. The van der Waals surface area contributed by atoms with Crippen LogP contribution in [0.1, 0.15) is 0 Å². The SMILES string of the molecule is Cn1c(=O)c2c(nc(Cl)n2CC(=O)Nc2ccc(Br)cc2Cl)n(C)c1=O. The van der Waals surface area contributed by atoms with E-state index in [0.29, 0.717) is 10.7 Å². The molecule has 0 aliphatic heterocycles. The third-order valence-electron chi connectivity index (χ3n) is 3.81. The molecule has 2 aromatic heterocycles. The van der Waals surface area contributed by atoms with Crippen LogP contribution in [-0.4, -0.2) is 24.6 Å². The molecule has 0 fully saturated rings. The van der Waals surface area contributed by atoms with Crippen molar-refractivity contribution in [1.82, 2.24) is 18.7 Å². The van der Waals surface area contributed by atoms with Gasteiger partial charge in [0.25, 0.3) is 5.56 Å². The summed E-state index contributed by atoms with van der Waals surface area (Å²) in [4.78, 5) is 40.9. The summed E-state index contributed by atoms with van der Waals surface area (Å²) in [6.45, 7) is -0.269. The molecule has 0 unspecified atom stereocenters. The van der Waals surface area contributed by atoms with E-state index in [0.717, 1.165) is 9.04 Å². The predicted molar refractivity (Wildman–Crippen MR) is 103 cm³/mol. The van der Waals surface area contributed by atoms with Gasteiger partial charge in [-0.2, -0.15) is 4.98 Å². The van der Waals surface area contributed by atoms with Crippen molar-refractivity contribution in [1.29, 1.82) is 0 Å². The number of amides is 1. The molecule has 2 heterocycles. The lowest BCUT2D eigenvalue weighted by Gasteiger charge is -2.10. The molecule has 0 saturated carbocycles. The van der Waals surface area contributed by atoms with E-state index >= 15 is 0 Å². The number of aryl methyl sites for hydroxylation is 1. The smallest absolute Gasteiger partial charge is 0.323 e. The van der Waals surface area contributed by atoms with Crippen molar-refractivity contribution in [2.45, 2.75) is 6.54 Å². The first-order valence-corrected chi connectivity index (χ1v) is 8.82. The topological polar surface area (TPSA) is 90.9 Å². The number of nitrogens with one attached hydrogen (secondary N) is 1. The average molecular weight is 461 g/mol. The molecule has 8 nitrogen and oxygen atoms in total. The van der Waals surface area contributed by atoms with Crippen molar-refractivity contribution < 1.29 is 4.79 Å². The highest BCUT2D eigenvalue weighted by atomic mass is 79.9. The van der Waals surface area contributed by atoms with E-state index in [4.69, 9.17) is 23.2 Å². The van der Waals surface area contributed by atoms with Gasteiger partial charge >= 0.3 is 5.69 Å². The van der Waals surface area contributed by atoms with Crippen LogP contribution in [0.2, 0.25) is 10.3 Å². The van der Waals surface area contributed by atoms with Crippen molar-refractivity contribution in [2.75, 3.05) is 5.32 Å². The third kappa shape index (κ3) is 3.17. The number of halogens is 3. The molecular weight excluding hydrogens is 449 g/mol. The number of carbonyl (C=O) groups is 1. The largest absolute Gasteiger partial charge is 0.332 e. The standard InChI is InChI=1S/C15H12BrCl2N5O3/c1-21-12-11(13(25)22(2)15(21)26)23(14(18)20-12)6-10(24)19-9-4-3-7(16)5-8(9)17/h3-5H,6H2,1-2H3,(H,19,24). The number of rotatable bonds is 3. The summed E-state index contributed by atoms with van der Waals surface area (Å²) in [5.41, 5.74) is -0.526. The molecule has 0 radical (unpaired) electrons. The van der Waals surface area contributed by atoms with Crippen LogP contribution in [0.4, 0.5) is 5.69 Å². The van der Waals surface area contributed by atoms with Crippen molar-refractivity contribution in [3.63, 3.8) is 0 Å². The summed E-state index contributed by atoms with van der Waals surface area (Å²) >= 11 is 15.5. The Morgan fingerprint density at radius 3 is 2.58 bits per heavy atom. The molecule has 0 atom stereocenters. The zero-order valence-corrected chi connectivity index (χ0v) is 16.7. The lowest BCUT2D eigenvalue weighted by molar-refractivity contribution is -0.116. The van der Waals surface area contributed by atoms with Crippen LogP contribution < -0.4 is 16.6 Å². The monoisotopic (exact) mass is 459 g/mol. The maximum absolute atomic E-state index is 12.4. The van der Waals surface area contributed by atoms with Crippen molar-refractivity contribution >= 4 is 61.9 Å². The highest BCUT2D eigenvalue weighted by Crippen LogP contribution is 2.25. The Labute approximate surface area is 165 Å². The molecule has 0 aliphatic carbocycles. The first-order valence-electron chi connectivity index (χ1n) is 7.27. The van der Waals surface area contributed by atoms with Gasteiger partial charge in [0.05, 0.1) is 10.7 Å². The van der Waals surface area contributed by atoms with E-state index in [1.54, 1.807) is 18.2 Å². The van der Waals surface area contributed by atoms with Crippen molar-refractivity contribution in [2.24, 2.45) is 14.1 Å². The minimum atomic E-state index is -0.586. The summed E-state index contributed by atoms with van der Waals surface area (Å²) in [6, 6.07) is 5.01. The van der Waals surface area contributed by atoms with Gasteiger partial charge < -0.3 is 5.32 Å². The number of carbonyl (C=O) groups excluding carboxylic acids is 1. The van der Waals surface area contributed by atoms with Gasteiger partial charge in [0.15, 0.2) is 11.2 Å². The number of hydrogen-bond donors (Lipinski definition) is 1. The zero-order valence-electron chi connectivity index (χ0n) is 13.6. The summed E-state index contributed by atoms with van der Waals surface area (Å²) in [6.07, 6.45) is 0. The van der Waals surface area contributed by atoms with Gasteiger partial charge in [0, 0.05) is 18.6 Å². The Morgan fingerprint density at radius 2 is 1.92 bits per heavy atom. The first-order chi connectivity index (χ1) is 12.2. The van der Waals surface area contributed by atoms with Gasteiger partial charge in [-0.05, 0) is 29.8 Å². The molecule has 136 valence electrons. The van der Waals surface area contributed by atoms with Crippen LogP contribution in [0.5, 0.6) is 0 Å². The quantitative estimate of drug-likeness (QED) is 0.606. The second kappa shape index (κ2) is 6.90. The van der Waals surface area contributed by atoms with E-state index in [1.165, 1.54) is 23.2 Å². The number of hydrogen-bond acceptors (Lipinski definition) is 4. The molecule has 26 heavy (non-hydrogen) atoms. The summed E-state index contributed by atoms with van der Waals surface area (Å²) in [5, 5.41) is 2.93. The van der Waals surface area contributed by atoms with Gasteiger partial charge in [-0.25, -0.2) is 4.79 Å². The number of aromatic nitrogens is 4. The number of anilines is 1. The molecule has 0 spiro atoms. The fourth-order valence-corrected chi connectivity index (χ4v) is 3.43. The first kappa shape index (κ1) is 18.7. The number of benzene rings is 1. The molecule has 3 aromatic rings. The highest BCUT2D eigenvalue weighted by molar-refractivity contribution is 9.10. The number of imidazole rings is 1. The molecule has 0 bridgehead atoms. The van der Waals surface area contributed by atoms with Gasteiger partial charge in [-0.3, -0.25) is 23.3 Å². The van der Waals surface area contributed by atoms with Gasteiger partial charge in [0.2, 0.25) is 11.2 Å². The van der Waals surface area contributed by atoms with Crippen LogP contribution in [0, 0.1) is 0 Å². The Balaban J connectivity index is 2.01. The van der Waals surface area contributed by atoms with E-state index < -0.39 is 17.2 Å². The van der Waals surface area contributed by atoms with E-state index in [2.05, 4.69) is 26.2 Å².